The molecule has 0 saturated heterocycles. The summed E-state index contributed by atoms with van der Waals surface area (Å²) in [6.07, 6.45) is 0. The summed E-state index contributed by atoms with van der Waals surface area (Å²) < 4.78 is 12.4. The molecule has 0 radical (unpaired) electrons. The van der Waals surface area contributed by atoms with Gasteiger partial charge in [0.2, 0.25) is 0 Å². The predicted octanol–water partition coefficient (Wildman–Crippen LogP) is 9.91. The zero-order valence-electron chi connectivity index (χ0n) is 18.6. The molecular formula is C32H18O2S. The molecule has 3 heterocycles. The second-order valence-electron chi connectivity index (χ2n) is 8.91. The molecular weight excluding hydrogens is 448 g/mol. The molecule has 0 spiro atoms. The molecule has 35 heavy (non-hydrogen) atoms. The summed E-state index contributed by atoms with van der Waals surface area (Å²) in [4.78, 5) is 2.47. The van der Waals surface area contributed by atoms with Gasteiger partial charge in [-0.25, -0.2) is 0 Å². The molecule has 0 bridgehead atoms. The Kier molecular flexibility index (Phi) is 3.85. The fraction of sp³-hybridized carbons (Fsp3) is 0. The van der Waals surface area contributed by atoms with Crippen molar-refractivity contribution < 1.29 is 9.15 Å². The summed E-state index contributed by atoms with van der Waals surface area (Å²) in [5.74, 6) is 1.84. The van der Waals surface area contributed by atoms with Gasteiger partial charge in [-0.2, -0.15) is 0 Å². The van der Waals surface area contributed by atoms with Crippen molar-refractivity contribution in [1.82, 2.24) is 0 Å². The summed E-state index contributed by atoms with van der Waals surface area (Å²) >= 11 is 1.81. The second kappa shape index (κ2) is 7.08. The van der Waals surface area contributed by atoms with Gasteiger partial charge in [-0.1, -0.05) is 60.7 Å². The van der Waals surface area contributed by atoms with E-state index < -0.39 is 0 Å². The van der Waals surface area contributed by atoms with Crippen LogP contribution in [-0.2, 0) is 0 Å². The van der Waals surface area contributed by atoms with Crippen molar-refractivity contribution in [2.24, 2.45) is 0 Å². The van der Waals surface area contributed by atoms with Crippen molar-refractivity contribution in [3.63, 3.8) is 0 Å². The maximum absolute atomic E-state index is 6.29. The van der Waals surface area contributed by atoms with Crippen LogP contribution in [0.5, 0.6) is 11.5 Å². The largest absolute Gasteiger partial charge is 0.456 e. The first kappa shape index (κ1) is 19.0. The Morgan fingerprint density at radius 1 is 0.514 bits per heavy atom. The van der Waals surface area contributed by atoms with E-state index in [-0.39, 0.29) is 0 Å². The van der Waals surface area contributed by atoms with Gasteiger partial charge in [-0.05, 0) is 65.0 Å². The maximum atomic E-state index is 6.29. The quantitative estimate of drug-likeness (QED) is 0.253. The molecule has 5 aromatic carbocycles. The van der Waals surface area contributed by atoms with Crippen molar-refractivity contribution in [2.45, 2.75) is 0 Å². The summed E-state index contributed by atoms with van der Waals surface area (Å²) in [6, 6.07) is 38.3. The predicted molar refractivity (Wildman–Crippen MR) is 145 cm³/mol. The van der Waals surface area contributed by atoms with Gasteiger partial charge in [0.1, 0.15) is 22.7 Å². The first-order valence-electron chi connectivity index (χ1n) is 11.7. The number of furan rings is 1. The fourth-order valence-corrected chi connectivity index (χ4v) is 6.37. The number of hydrogen-bond donors (Lipinski definition) is 0. The van der Waals surface area contributed by atoms with Gasteiger partial charge in [0, 0.05) is 37.0 Å². The van der Waals surface area contributed by atoms with E-state index in [2.05, 4.69) is 97.1 Å². The topological polar surface area (TPSA) is 22.4 Å². The molecule has 7 aromatic rings. The lowest BCUT2D eigenvalue weighted by Crippen LogP contribution is -1.97. The van der Waals surface area contributed by atoms with E-state index in [9.17, 15) is 0 Å². The highest BCUT2D eigenvalue weighted by atomic mass is 32.1. The lowest BCUT2D eigenvalue weighted by molar-refractivity contribution is 0.487. The Labute approximate surface area is 205 Å². The molecule has 1 aliphatic rings. The van der Waals surface area contributed by atoms with Crippen LogP contribution in [-0.4, -0.2) is 0 Å². The van der Waals surface area contributed by atoms with Gasteiger partial charge in [-0.15, -0.1) is 11.3 Å². The minimum atomic E-state index is 0.909. The molecule has 164 valence electrons. The number of benzene rings is 5. The molecule has 0 atom stereocenters. The number of thiophene rings is 1. The maximum Gasteiger partial charge on any atom is 0.136 e. The lowest BCUT2D eigenvalue weighted by Gasteiger charge is -2.21. The molecule has 2 aromatic heterocycles. The van der Waals surface area contributed by atoms with Crippen LogP contribution in [0.3, 0.4) is 0 Å². The number of hydrogen-bond acceptors (Lipinski definition) is 3. The van der Waals surface area contributed by atoms with Crippen LogP contribution in [0.25, 0.3) is 64.7 Å². The highest BCUT2D eigenvalue weighted by Crippen LogP contribution is 2.48. The SMILES string of the molecule is c1cc2c3c(cccc3c1)-c1cc(-c3ccc(-c4cccc5oc6ccccc6c45)s3)ccc1O2. The lowest BCUT2D eigenvalue weighted by atomic mass is 9.93. The molecule has 0 amide bonds. The third-order valence-corrected chi connectivity index (χ3v) is 8.08. The molecule has 0 fully saturated rings. The first-order valence-corrected chi connectivity index (χ1v) is 12.5. The standard InChI is InChI=1S/C32H18O2S/c1-2-11-25-22(8-1)32-23(10-5-13-28(32)33-25)30-17-16-29(35-30)20-14-15-26-24(18-20)21-9-3-6-19-7-4-12-27(34-26)31(19)21/h1-18H. The number of ether oxygens (including phenoxy) is 1. The van der Waals surface area contributed by atoms with Gasteiger partial charge in [-0.3, -0.25) is 0 Å². The molecule has 8 rings (SSSR count). The van der Waals surface area contributed by atoms with Crippen molar-refractivity contribution in [1.29, 1.82) is 0 Å². The van der Waals surface area contributed by atoms with Gasteiger partial charge >= 0.3 is 0 Å². The average Bonchev–Trinajstić information content (AvgIpc) is 3.54. The van der Waals surface area contributed by atoms with Crippen LogP contribution in [0.1, 0.15) is 0 Å². The van der Waals surface area contributed by atoms with Crippen LogP contribution >= 0.6 is 11.3 Å². The molecule has 3 heteroatoms. The van der Waals surface area contributed by atoms with E-state index in [0.717, 1.165) is 33.6 Å². The van der Waals surface area contributed by atoms with Gasteiger partial charge in [0.15, 0.2) is 0 Å². The van der Waals surface area contributed by atoms with E-state index in [0.29, 0.717) is 0 Å². The third-order valence-electron chi connectivity index (χ3n) is 6.91. The Bertz CT molecular complexity index is 1930. The van der Waals surface area contributed by atoms with Crippen LogP contribution in [0, 0.1) is 0 Å². The molecule has 2 nitrogen and oxygen atoms in total. The smallest absolute Gasteiger partial charge is 0.136 e. The molecule has 0 saturated carbocycles. The number of rotatable bonds is 2. The summed E-state index contributed by atoms with van der Waals surface area (Å²) in [5, 5.41) is 4.73. The van der Waals surface area contributed by atoms with Crippen molar-refractivity contribution in [3.8, 4) is 43.5 Å². The average molecular weight is 467 g/mol. The van der Waals surface area contributed by atoms with E-state index in [1.165, 1.54) is 42.6 Å². The monoisotopic (exact) mass is 466 g/mol. The highest BCUT2D eigenvalue weighted by Gasteiger charge is 2.21. The Morgan fingerprint density at radius 3 is 2.29 bits per heavy atom. The minimum Gasteiger partial charge on any atom is -0.456 e. The zero-order chi connectivity index (χ0) is 22.9. The normalized spacial score (nSPS) is 12.2. The summed E-state index contributed by atoms with van der Waals surface area (Å²) in [7, 11) is 0. The van der Waals surface area contributed by atoms with Crippen LogP contribution < -0.4 is 4.74 Å². The summed E-state index contributed by atoms with van der Waals surface area (Å²) in [5.41, 5.74) is 6.64. The van der Waals surface area contributed by atoms with Crippen molar-refractivity contribution in [3.05, 3.63) is 109 Å². The van der Waals surface area contributed by atoms with Crippen molar-refractivity contribution >= 4 is 44.0 Å². The van der Waals surface area contributed by atoms with Gasteiger partial charge in [0.25, 0.3) is 0 Å². The van der Waals surface area contributed by atoms with E-state index in [4.69, 9.17) is 9.15 Å². The van der Waals surface area contributed by atoms with E-state index in [1.807, 2.05) is 23.5 Å². The highest BCUT2D eigenvalue weighted by molar-refractivity contribution is 7.19. The molecule has 0 N–H and O–H groups in total. The first-order chi connectivity index (χ1) is 17.3. The number of para-hydroxylation sites is 1. The van der Waals surface area contributed by atoms with Crippen LogP contribution in [0.15, 0.2) is 114 Å². The van der Waals surface area contributed by atoms with Crippen LogP contribution in [0.2, 0.25) is 0 Å². The number of fused-ring (bicyclic) bond motifs is 5. The zero-order valence-corrected chi connectivity index (χ0v) is 19.4. The fourth-order valence-electron chi connectivity index (χ4n) is 5.34. The molecule has 0 unspecified atom stereocenters. The molecule has 0 aliphatic carbocycles. The minimum absolute atomic E-state index is 0.909. The Balaban J connectivity index is 1.27. The van der Waals surface area contributed by atoms with E-state index >= 15 is 0 Å². The van der Waals surface area contributed by atoms with Crippen LogP contribution in [0.4, 0.5) is 0 Å². The Morgan fingerprint density at radius 2 is 1.31 bits per heavy atom. The molecule has 1 aliphatic heterocycles. The second-order valence-corrected chi connectivity index (χ2v) is 10.00. The van der Waals surface area contributed by atoms with E-state index in [1.54, 1.807) is 0 Å². The Hall–Kier alpha value is -4.34. The van der Waals surface area contributed by atoms with Crippen molar-refractivity contribution in [2.75, 3.05) is 0 Å². The van der Waals surface area contributed by atoms with Gasteiger partial charge < -0.3 is 9.15 Å². The summed E-state index contributed by atoms with van der Waals surface area (Å²) in [6.45, 7) is 0. The third kappa shape index (κ3) is 2.76. The van der Waals surface area contributed by atoms with Gasteiger partial charge in [0.05, 0.1) is 0 Å².